The molecule has 0 atom stereocenters. The molecule has 0 unspecified atom stereocenters. The Labute approximate surface area is 116 Å². The Morgan fingerprint density at radius 3 is 2.78 bits per heavy atom. The molecule has 18 heavy (non-hydrogen) atoms. The Bertz CT molecular complexity index is 418. The zero-order chi connectivity index (χ0) is 13.0. The predicted molar refractivity (Wildman–Crippen MR) is 73.8 cm³/mol. The molecule has 1 aromatic heterocycles. The van der Waals surface area contributed by atoms with Crippen LogP contribution in [0.1, 0.15) is 31.4 Å². The number of rotatable bonds is 5. The highest BCUT2D eigenvalue weighted by molar-refractivity contribution is 9.10. The summed E-state index contributed by atoms with van der Waals surface area (Å²) in [7, 11) is 0. The molecule has 0 aromatic carbocycles. The van der Waals surface area contributed by atoms with Crippen molar-refractivity contribution in [2.45, 2.75) is 38.3 Å². The summed E-state index contributed by atoms with van der Waals surface area (Å²) >= 11 is 3.37. The van der Waals surface area contributed by atoms with Crippen LogP contribution in [0.15, 0.2) is 22.8 Å². The Morgan fingerprint density at radius 1 is 1.44 bits per heavy atom. The second-order valence-corrected chi connectivity index (χ2v) is 5.57. The number of hydrogen-bond acceptors (Lipinski definition) is 3. The predicted octanol–water partition coefficient (Wildman–Crippen LogP) is 2.07. The van der Waals surface area contributed by atoms with Gasteiger partial charge in [-0.25, -0.2) is 4.98 Å². The molecule has 0 bridgehead atoms. The van der Waals surface area contributed by atoms with Crippen molar-refractivity contribution in [2.75, 3.05) is 6.54 Å². The molecule has 1 aromatic rings. The lowest BCUT2D eigenvalue weighted by Crippen LogP contribution is -2.39. The van der Waals surface area contributed by atoms with Crippen LogP contribution in [-0.4, -0.2) is 28.4 Å². The van der Waals surface area contributed by atoms with Crippen molar-refractivity contribution in [1.29, 1.82) is 0 Å². The average molecular weight is 312 g/mol. The normalized spacial score (nSPS) is 16.3. The van der Waals surface area contributed by atoms with E-state index in [0.29, 0.717) is 19.1 Å². The van der Waals surface area contributed by atoms with Gasteiger partial charge in [0.2, 0.25) is 5.91 Å². The first kappa shape index (κ1) is 13.5. The van der Waals surface area contributed by atoms with Gasteiger partial charge >= 0.3 is 0 Å². The topological polar surface area (TPSA) is 59.2 Å². The highest BCUT2D eigenvalue weighted by Crippen LogP contribution is 2.24. The van der Waals surface area contributed by atoms with Gasteiger partial charge in [0.15, 0.2) is 0 Å². The van der Waals surface area contributed by atoms with Gasteiger partial charge in [0.1, 0.15) is 4.60 Å². The van der Waals surface area contributed by atoms with Crippen LogP contribution in [0, 0.1) is 0 Å². The number of carbonyl (C=O) groups is 1. The smallest absolute Gasteiger partial charge is 0.231 e. The summed E-state index contributed by atoms with van der Waals surface area (Å²) in [5, 5.41) is 0. The van der Waals surface area contributed by atoms with E-state index in [1.54, 1.807) is 0 Å². The van der Waals surface area contributed by atoms with Crippen LogP contribution in [0.25, 0.3) is 0 Å². The highest BCUT2D eigenvalue weighted by Gasteiger charge is 2.24. The third-order valence-corrected chi connectivity index (χ3v) is 3.78. The molecule has 1 aliphatic rings. The zero-order valence-electron chi connectivity index (χ0n) is 10.3. The zero-order valence-corrected chi connectivity index (χ0v) is 11.9. The quantitative estimate of drug-likeness (QED) is 0.847. The molecule has 0 aliphatic heterocycles. The molecule has 2 rings (SSSR count). The standard InChI is InChI=1S/C13H18BrN3O/c14-12-7-3-4-10(16-12)8-17(9-13(15)18)11-5-1-2-6-11/h3-4,7,11H,1-2,5-6,8-9H2,(H2,15,18). The van der Waals surface area contributed by atoms with Gasteiger partial charge < -0.3 is 5.73 Å². The third kappa shape index (κ3) is 3.78. The second kappa shape index (κ2) is 6.29. The fraction of sp³-hybridized carbons (Fsp3) is 0.538. The van der Waals surface area contributed by atoms with Crippen LogP contribution in [0.5, 0.6) is 0 Å². The van der Waals surface area contributed by atoms with Gasteiger partial charge in [0.25, 0.3) is 0 Å². The average Bonchev–Trinajstić information content (AvgIpc) is 2.80. The first-order chi connectivity index (χ1) is 8.65. The van der Waals surface area contributed by atoms with E-state index >= 15 is 0 Å². The number of nitrogens with two attached hydrogens (primary N) is 1. The van der Waals surface area contributed by atoms with Crippen LogP contribution in [0.3, 0.4) is 0 Å². The SMILES string of the molecule is NC(=O)CN(Cc1cccc(Br)n1)C1CCCC1. The molecule has 1 heterocycles. The van der Waals surface area contributed by atoms with Crippen LogP contribution in [-0.2, 0) is 11.3 Å². The number of carbonyl (C=O) groups excluding carboxylic acids is 1. The van der Waals surface area contributed by atoms with Crippen LogP contribution < -0.4 is 5.73 Å². The van der Waals surface area contributed by atoms with Crippen LogP contribution >= 0.6 is 15.9 Å². The first-order valence-electron chi connectivity index (χ1n) is 6.29. The van der Waals surface area contributed by atoms with E-state index in [0.717, 1.165) is 23.1 Å². The van der Waals surface area contributed by atoms with E-state index in [2.05, 4.69) is 25.8 Å². The van der Waals surface area contributed by atoms with Crippen molar-refractivity contribution in [3.63, 3.8) is 0 Å². The maximum Gasteiger partial charge on any atom is 0.231 e. The summed E-state index contributed by atoms with van der Waals surface area (Å²) < 4.78 is 0.824. The molecule has 0 spiro atoms. The lowest BCUT2D eigenvalue weighted by Gasteiger charge is -2.27. The molecule has 0 radical (unpaired) electrons. The Kier molecular flexibility index (Phi) is 4.72. The maximum atomic E-state index is 11.2. The molecule has 5 heteroatoms. The number of hydrogen-bond donors (Lipinski definition) is 1. The Hall–Kier alpha value is -0.940. The first-order valence-corrected chi connectivity index (χ1v) is 7.08. The molecule has 2 N–H and O–H groups in total. The van der Waals surface area contributed by atoms with E-state index < -0.39 is 0 Å². The minimum Gasteiger partial charge on any atom is -0.369 e. The molecule has 1 fully saturated rings. The summed E-state index contributed by atoms with van der Waals surface area (Å²) in [5.41, 5.74) is 6.30. The van der Waals surface area contributed by atoms with E-state index in [1.165, 1.54) is 12.8 Å². The van der Waals surface area contributed by atoms with E-state index in [1.807, 2.05) is 18.2 Å². The van der Waals surface area contributed by atoms with E-state index in [9.17, 15) is 4.79 Å². The lowest BCUT2D eigenvalue weighted by atomic mass is 10.2. The number of aromatic nitrogens is 1. The van der Waals surface area contributed by atoms with Gasteiger partial charge in [-0.15, -0.1) is 0 Å². The molecule has 98 valence electrons. The van der Waals surface area contributed by atoms with Crippen molar-refractivity contribution >= 4 is 21.8 Å². The summed E-state index contributed by atoms with van der Waals surface area (Å²) in [5.74, 6) is -0.267. The third-order valence-electron chi connectivity index (χ3n) is 3.34. The van der Waals surface area contributed by atoms with Gasteiger partial charge in [-0.1, -0.05) is 18.9 Å². The van der Waals surface area contributed by atoms with Crippen LogP contribution in [0.4, 0.5) is 0 Å². The van der Waals surface area contributed by atoms with Gasteiger partial charge in [-0.3, -0.25) is 9.69 Å². The summed E-state index contributed by atoms with van der Waals surface area (Å²) in [4.78, 5) is 17.7. The van der Waals surface area contributed by atoms with Crippen molar-refractivity contribution in [2.24, 2.45) is 5.73 Å². The summed E-state index contributed by atoms with van der Waals surface area (Å²) in [6.45, 7) is 1.01. The van der Waals surface area contributed by atoms with Gasteiger partial charge in [0.05, 0.1) is 12.2 Å². The number of halogens is 1. The number of nitrogens with zero attached hydrogens (tertiary/aromatic N) is 2. The van der Waals surface area contributed by atoms with E-state index in [-0.39, 0.29) is 5.91 Å². The minimum absolute atomic E-state index is 0.267. The molecule has 0 saturated heterocycles. The van der Waals surface area contributed by atoms with Crippen LogP contribution in [0.2, 0.25) is 0 Å². The minimum atomic E-state index is -0.267. The largest absolute Gasteiger partial charge is 0.369 e. The number of amides is 1. The maximum absolute atomic E-state index is 11.2. The van der Waals surface area contributed by atoms with E-state index in [4.69, 9.17) is 5.73 Å². The fourth-order valence-electron chi connectivity index (χ4n) is 2.53. The molecular weight excluding hydrogens is 294 g/mol. The van der Waals surface area contributed by atoms with Gasteiger partial charge in [-0.2, -0.15) is 0 Å². The molecular formula is C13H18BrN3O. The summed E-state index contributed by atoms with van der Waals surface area (Å²) in [6.07, 6.45) is 4.79. The van der Waals surface area contributed by atoms with Crippen molar-refractivity contribution in [3.8, 4) is 0 Å². The monoisotopic (exact) mass is 311 g/mol. The lowest BCUT2D eigenvalue weighted by molar-refractivity contribution is -0.119. The van der Waals surface area contributed by atoms with Crippen molar-refractivity contribution < 1.29 is 4.79 Å². The second-order valence-electron chi connectivity index (χ2n) is 4.76. The molecule has 1 aliphatic carbocycles. The van der Waals surface area contributed by atoms with Gasteiger partial charge in [0, 0.05) is 12.6 Å². The summed E-state index contributed by atoms with van der Waals surface area (Å²) in [6, 6.07) is 6.31. The van der Waals surface area contributed by atoms with Crippen molar-refractivity contribution in [1.82, 2.24) is 9.88 Å². The Morgan fingerprint density at radius 2 is 2.17 bits per heavy atom. The Balaban J connectivity index is 2.06. The highest BCUT2D eigenvalue weighted by atomic mass is 79.9. The molecule has 1 amide bonds. The molecule has 1 saturated carbocycles. The van der Waals surface area contributed by atoms with Crippen molar-refractivity contribution in [3.05, 3.63) is 28.5 Å². The molecule has 4 nitrogen and oxygen atoms in total. The fourth-order valence-corrected chi connectivity index (χ4v) is 2.91. The number of primary amides is 1. The number of pyridine rings is 1. The van der Waals surface area contributed by atoms with Gasteiger partial charge in [-0.05, 0) is 40.9 Å².